The molecule has 5 heteroatoms. The topological polar surface area (TPSA) is 60.2 Å². The average molecular weight is 261 g/mol. The van der Waals surface area contributed by atoms with Crippen molar-refractivity contribution >= 4 is 0 Å². The SMILES string of the molecule is COc1c(C)cnc(Cn2cc(C(C)O)cn2)c1C. The van der Waals surface area contributed by atoms with Gasteiger partial charge in [0.05, 0.1) is 31.6 Å². The third-order valence-corrected chi connectivity index (χ3v) is 3.20. The van der Waals surface area contributed by atoms with E-state index < -0.39 is 6.10 Å². The smallest absolute Gasteiger partial charge is 0.128 e. The minimum atomic E-state index is -0.504. The van der Waals surface area contributed by atoms with Gasteiger partial charge in [0, 0.05) is 29.1 Å². The van der Waals surface area contributed by atoms with Crippen molar-refractivity contribution in [3.63, 3.8) is 0 Å². The second-order valence-corrected chi connectivity index (χ2v) is 4.69. The van der Waals surface area contributed by atoms with Gasteiger partial charge in [-0.3, -0.25) is 9.67 Å². The van der Waals surface area contributed by atoms with E-state index in [2.05, 4.69) is 10.1 Å². The summed E-state index contributed by atoms with van der Waals surface area (Å²) in [7, 11) is 1.67. The molecule has 0 aliphatic carbocycles. The van der Waals surface area contributed by atoms with Crippen LogP contribution >= 0.6 is 0 Å². The molecule has 0 spiro atoms. The summed E-state index contributed by atoms with van der Waals surface area (Å²) >= 11 is 0. The summed E-state index contributed by atoms with van der Waals surface area (Å²) in [6.07, 6.45) is 4.81. The van der Waals surface area contributed by atoms with Crippen LogP contribution in [0, 0.1) is 13.8 Å². The Hall–Kier alpha value is -1.88. The van der Waals surface area contributed by atoms with E-state index in [4.69, 9.17) is 4.74 Å². The van der Waals surface area contributed by atoms with Crippen LogP contribution < -0.4 is 4.74 Å². The second-order valence-electron chi connectivity index (χ2n) is 4.69. The van der Waals surface area contributed by atoms with Crippen LogP contribution in [0.15, 0.2) is 18.6 Å². The van der Waals surface area contributed by atoms with Gasteiger partial charge in [0.15, 0.2) is 0 Å². The van der Waals surface area contributed by atoms with Crippen LogP contribution in [0.3, 0.4) is 0 Å². The highest BCUT2D eigenvalue weighted by Crippen LogP contribution is 2.24. The van der Waals surface area contributed by atoms with Gasteiger partial charge < -0.3 is 9.84 Å². The number of aromatic nitrogens is 3. The minimum Gasteiger partial charge on any atom is -0.496 e. The van der Waals surface area contributed by atoms with E-state index >= 15 is 0 Å². The van der Waals surface area contributed by atoms with E-state index in [1.54, 1.807) is 31.1 Å². The third kappa shape index (κ3) is 2.76. The fourth-order valence-electron chi connectivity index (χ4n) is 2.07. The van der Waals surface area contributed by atoms with Gasteiger partial charge >= 0.3 is 0 Å². The van der Waals surface area contributed by atoms with Crippen LogP contribution in [-0.4, -0.2) is 27.0 Å². The number of aryl methyl sites for hydroxylation is 1. The third-order valence-electron chi connectivity index (χ3n) is 3.20. The van der Waals surface area contributed by atoms with Crippen molar-refractivity contribution in [3.8, 4) is 5.75 Å². The Morgan fingerprint density at radius 3 is 2.68 bits per heavy atom. The maximum absolute atomic E-state index is 9.49. The Balaban J connectivity index is 2.28. The molecule has 0 radical (unpaired) electrons. The minimum absolute atomic E-state index is 0.504. The van der Waals surface area contributed by atoms with E-state index in [1.807, 2.05) is 20.0 Å². The maximum atomic E-state index is 9.49. The monoisotopic (exact) mass is 261 g/mol. The summed E-state index contributed by atoms with van der Waals surface area (Å²) in [5.41, 5.74) is 3.77. The van der Waals surface area contributed by atoms with Gasteiger partial charge in [0.25, 0.3) is 0 Å². The molecular formula is C14H19N3O2. The molecule has 2 heterocycles. The average Bonchev–Trinajstić information content (AvgIpc) is 2.82. The highest BCUT2D eigenvalue weighted by atomic mass is 16.5. The van der Waals surface area contributed by atoms with E-state index in [-0.39, 0.29) is 0 Å². The Labute approximate surface area is 112 Å². The van der Waals surface area contributed by atoms with Crippen molar-refractivity contribution in [2.75, 3.05) is 7.11 Å². The largest absolute Gasteiger partial charge is 0.496 e. The number of methoxy groups -OCH3 is 1. The molecule has 0 bridgehead atoms. The number of hydrogen-bond donors (Lipinski definition) is 1. The summed E-state index contributed by atoms with van der Waals surface area (Å²) in [5, 5.41) is 13.7. The number of aliphatic hydroxyl groups is 1. The molecule has 102 valence electrons. The highest BCUT2D eigenvalue weighted by Gasteiger charge is 2.11. The summed E-state index contributed by atoms with van der Waals surface area (Å²) in [5.74, 6) is 0.868. The number of pyridine rings is 1. The molecule has 0 aliphatic rings. The lowest BCUT2D eigenvalue weighted by atomic mass is 10.1. The van der Waals surface area contributed by atoms with E-state index in [0.29, 0.717) is 6.54 Å². The molecule has 2 aromatic rings. The lowest BCUT2D eigenvalue weighted by Crippen LogP contribution is -2.06. The van der Waals surface area contributed by atoms with Crippen molar-refractivity contribution in [2.24, 2.45) is 0 Å². The first-order chi connectivity index (χ1) is 9.02. The molecule has 2 rings (SSSR count). The zero-order valence-electron chi connectivity index (χ0n) is 11.7. The number of nitrogens with zero attached hydrogens (tertiary/aromatic N) is 3. The second kappa shape index (κ2) is 5.40. The first-order valence-corrected chi connectivity index (χ1v) is 6.22. The molecule has 0 aliphatic heterocycles. The normalized spacial score (nSPS) is 12.5. The molecular weight excluding hydrogens is 242 g/mol. The molecule has 1 atom stereocenters. The van der Waals surface area contributed by atoms with E-state index in [9.17, 15) is 5.11 Å². The van der Waals surface area contributed by atoms with Gasteiger partial charge in [0.1, 0.15) is 5.75 Å². The summed E-state index contributed by atoms with van der Waals surface area (Å²) < 4.78 is 7.16. The molecule has 0 amide bonds. The van der Waals surface area contributed by atoms with E-state index in [0.717, 1.165) is 28.1 Å². The number of hydrogen-bond acceptors (Lipinski definition) is 4. The zero-order chi connectivity index (χ0) is 14.0. The molecule has 0 saturated heterocycles. The Kier molecular flexibility index (Phi) is 3.85. The van der Waals surface area contributed by atoms with Gasteiger partial charge in [-0.05, 0) is 20.8 Å². The van der Waals surface area contributed by atoms with Crippen molar-refractivity contribution in [1.82, 2.24) is 14.8 Å². The van der Waals surface area contributed by atoms with Gasteiger partial charge in [-0.15, -0.1) is 0 Å². The molecule has 1 unspecified atom stereocenters. The highest BCUT2D eigenvalue weighted by molar-refractivity contribution is 5.41. The predicted octanol–water partition coefficient (Wildman–Crippen LogP) is 2.01. The van der Waals surface area contributed by atoms with Crippen molar-refractivity contribution in [2.45, 2.75) is 33.4 Å². The van der Waals surface area contributed by atoms with Gasteiger partial charge in [-0.2, -0.15) is 5.10 Å². The number of rotatable bonds is 4. The van der Waals surface area contributed by atoms with E-state index in [1.165, 1.54) is 0 Å². The first-order valence-electron chi connectivity index (χ1n) is 6.22. The molecule has 1 N–H and O–H groups in total. The molecule has 5 nitrogen and oxygen atoms in total. The number of ether oxygens (including phenoxy) is 1. The lowest BCUT2D eigenvalue weighted by molar-refractivity contribution is 0.199. The standard InChI is InChI=1S/C14H19N3O2/c1-9-5-15-13(10(2)14(9)19-4)8-17-7-12(6-16-17)11(3)18/h5-7,11,18H,8H2,1-4H3. The number of aliphatic hydroxyl groups excluding tert-OH is 1. The van der Waals surface area contributed by atoms with Crippen molar-refractivity contribution < 1.29 is 9.84 Å². The van der Waals surface area contributed by atoms with Crippen LogP contribution in [-0.2, 0) is 6.54 Å². The molecule has 19 heavy (non-hydrogen) atoms. The van der Waals surface area contributed by atoms with Gasteiger partial charge in [-0.1, -0.05) is 0 Å². The Morgan fingerprint density at radius 1 is 1.37 bits per heavy atom. The lowest BCUT2D eigenvalue weighted by Gasteiger charge is -2.12. The summed E-state index contributed by atoms with van der Waals surface area (Å²) in [4.78, 5) is 4.43. The molecule has 0 saturated carbocycles. The summed E-state index contributed by atoms with van der Waals surface area (Å²) in [6, 6.07) is 0. The van der Waals surface area contributed by atoms with Crippen molar-refractivity contribution in [1.29, 1.82) is 0 Å². The van der Waals surface area contributed by atoms with Gasteiger partial charge in [-0.25, -0.2) is 0 Å². The maximum Gasteiger partial charge on any atom is 0.128 e. The van der Waals surface area contributed by atoms with Crippen molar-refractivity contribution in [3.05, 3.63) is 41.0 Å². The fourth-order valence-corrected chi connectivity index (χ4v) is 2.07. The quantitative estimate of drug-likeness (QED) is 0.914. The molecule has 2 aromatic heterocycles. The van der Waals surface area contributed by atoms with Crippen LogP contribution in [0.2, 0.25) is 0 Å². The van der Waals surface area contributed by atoms with Crippen LogP contribution in [0.5, 0.6) is 5.75 Å². The van der Waals surface area contributed by atoms with Crippen LogP contribution in [0.25, 0.3) is 0 Å². The van der Waals surface area contributed by atoms with Crippen LogP contribution in [0.1, 0.15) is 35.4 Å². The first kappa shape index (κ1) is 13.5. The van der Waals surface area contributed by atoms with Crippen LogP contribution in [0.4, 0.5) is 0 Å². The molecule has 0 fully saturated rings. The fraction of sp³-hybridized carbons (Fsp3) is 0.429. The van der Waals surface area contributed by atoms with Gasteiger partial charge in [0.2, 0.25) is 0 Å². The Bertz CT molecular complexity index is 576. The molecule has 0 aromatic carbocycles. The summed E-state index contributed by atoms with van der Waals surface area (Å²) in [6.45, 7) is 6.25. The zero-order valence-corrected chi connectivity index (χ0v) is 11.7. The Morgan fingerprint density at radius 2 is 2.11 bits per heavy atom. The predicted molar refractivity (Wildman–Crippen MR) is 72.2 cm³/mol.